The molecule has 7 nitrogen and oxygen atoms in total. The van der Waals surface area contributed by atoms with Crippen LogP contribution in [0.2, 0.25) is 0 Å². The van der Waals surface area contributed by atoms with E-state index in [2.05, 4.69) is 10.6 Å². The first-order valence-electron chi connectivity index (χ1n) is 5.96. The Morgan fingerprint density at radius 1 is 1.58 bits per heavy atom. The molecule has 1 amide bonds. The molecule has 1 saturated heterocycles. The molecule has 19 heavy (non-hydrogen) atoms. The van der Waals surface area contributed by atoms with E-state index in [1.807, 2.05) is 0 Å². The summed E-state index contributed by atoms with van der Waals surface area (Å²) in [4.78, 5) is 22.4. The molecule has 1 fully saturated rings. The van der Waals surface area contributed by atoms with Crippen LogP contribution in [0.3, 0.4) is 0 Å². The van der Waals surface area contributed by atoms with Crippen LogP contribution in [-0.4, -0.2) is 31.0 Å². The maximum Gasteiger partial charge on any atom is 0.296 e. The SMILES string of the molecule is COc1ccc(NC(=O)C2CCNC2)c([N+](=O)[O-])c1. The van der Waals surface area contributed by atoms with Crippen LogP contribution in [0.1, 0.15) is 6.42 Å². The molecule has 2 N–H and O–H groups in total. The minimum absolute atomic E-state index is 0.137. The van der Waals surface area contributed by atoms with Crippen LogP contribution in [0.15, 0.2) is 18.2 Å². The monoisotopic (exact) mass is 265 g/mol. The highest BCUT2D eigenvalue weighted by molar-refractivity contribution is 5.95. The van der Waals surface area contributed by atoms with Gasteiger partial charge in [-0.1, -0.05) is 0 Å². The van der Waals surface area contributed by atoms with Gasteiger partial charge in [0.15, 0.2) is 0 Å². The number of carbonyl (C=O) groups excluding carboxylic acids is 1. The molecular formula is C12H15N3O4. The van der Waals surface area contributed by atoms with Gasteiger partial charge in [-0.15, -0.1) is 0 Å². The van der Waals surface area contributed by atoms with E-state index in [1.54, 1.807) is 6.07 Å². The van der Waals surface area contributed by atoms with Crippen LogP contribution in [0.5, 0.6) is 5.75 Å². The Kier molecular flexibility index (Phi) is 3.96. The molecule has 1 aliphatic rings. The first-order chi connectivity index (χ1) is 9.11. The van der Waals surface area contributed by atoms with E-state index in [9.17, 15) is 14.9 Å². The summed E-state index contributed by atoms with van der Waals surface area (Å²) in [6.45, 7) is 1.40. The maximum atomic E-state index is 11.9. The molecule has 1 aliphatic heterocycles. The van der Waals surface area contributed by atoms with Gasteiger partial charge in [-0.05, 0) is 25.1 Å². The summed E-state index contributed by atoms with van der Waals surface area (Å²) < 4.78 is 4.94. The number of anilines is 1. The van der Waals surface area contributed by atoms with Crippen molar-refractivity contribution in [2.75, 3.05) is 25.5 Å². The van der Waals surface area contributed by atoms with E-state index < -0.39 is 4.92 Å². The standard InChI is InChI=1S/C12H15N3O4/c1-19-9-2-3-10(11(6-9)15(17)18)14-12(16)8-4-5-13-7-8/h2-3,6,8,13H,4-5,7H2,1H3,(H,14,16). The highest BCUT2D eigenvalue weighted by Gasteiger charge is 2.25. The summed E-state index contributed by atoms with van der Waals surface area (Å²) in [6.07, 6.45) is 0.746. The van der Waals surface area contributed by atoms with Crippen molar-refractivity contribution in [1.82, 2.24) is 5.32 Å². The van der Waals surface area contributed by atoms with Crippen molar-refractivity contribution in [1.29, 1.82) is 0 Å². The lowest BCUT2D eigenvalue weighted by Crippen LogP contribution is -2.25. The molecule has 102 valence electrons. The van der Waals surface area contributed by atoms with Gasteiger partial charge in [0.1, 0.15) is 11.4 Å². The first-order valence-corrected chi connectivity index (χ1v) is 5.96. The molecule has 1 aromatic carbocycles. The Balaban J connectivity index is 2.19. The second-order valence-electron chi connectivity index (χ2n) is 4.32. The largest absolute Gasteiger partial charge is 0.496 e. The molecule has 1 atom stereocenters. The number of nitro benzene ring substituents is 1. The van der Waals surface area contributed by atoms with Gasteiger partial charge in [0.25, 0.3) is 5.69 Å². The molecule has 7 heteroatoms. The van der Waals surface area contributed by atoms with Crippen LogP contribution in [0.25, 0.3) is 0 Å². The molecule has 1 aromatic rings. The van der Waals surface area contributed by atoms with Gasteiger partial charge in [-0.25, -0.2) is 0 Å². The molecule has 0 aromatic heterocycles. The van der Waals surface area contributed by atoms with Crippen LogP contribution in [0.4, 0.5) is 11.4 Å². The second kappa shape index (κ2) is 5.66. The number of carbonyl (C=O) groups is 1. The van der Waals surface area contributed by atoms with E-state index in [4.69, 9.17) is 4.74 Å². The molecule has 2 rings (SSSR count). The second-order valence-corrected chi connectivity index (χ2v) is 4.32. The lowest BCUT2D eigenvalue weighted by Gasteiger charge is -2.10. The topological polar surface area (TPSA) is 93.5 Å². The smallest absolute Gasteiger partial charge is 0.296 e. The number of methoxy groups -OCH3 is 1. The normalized spacial score (nSPS) is 18.1. The fourth-order valence-corrected chi connectivity index (χ4v) is 2.01. The zero-order valence-corrected chi connectivity index (χ0v) is 10.5. The fourth-order valence-electron chi connectivity index (χ4n) is 2.01. The number of ether oxygens (including phenoxy) is 1. The van der Waals surface area contributed by atoms with Gasteiger partial charge in [-0.3, -0.25) is 14.9 Å². The van der Waals surface area contributed by atoms with Crippen molar-refractivity contribution >= 4 is 17.3 Å². The Morgan fingerprint density at radius 3 is 2.95 bits per heavy atom. The molecule has 0 aliphatic carbocycles. The van der Waals surface area contributed by atoms with Crippen molar-refractivity contribution in [2.45, 2.75) is 6.42 Å². The number of nitro groups is 1. The summed E-state index contributed by atoms with van der Waals surface area (Å²) in [5.74, 6) is 0.0483. The molecular weight excluding hydrogens is 250 g/mol. The zero-order chi connectivity index (χ0) is 13.8. The Bertz CT molecular complexity index is 498. The Morgan fingerprint density at radius 2 is 2.37 bits per heavy atom. The van der Waals surface area contributed by atoms with Crippen molar-refractivity contribution in [3.05, 3.63) is 28.3 Å². The van der Waals surface area contributed by atoms with Crippen molar-refractivity contribution in [3.8, 4) is 5.75 Å². The number of rotatable bonds is 4. The van der Waals surface area contributed by atoms with E-state index in [0.717, 1.165) is 13.0 Å². The summed E-state index contributed by atoms with van der Waals surface area (Å²) in [7, 11) is 1.43. The highest BCUT2D eigenvalue weighted by Crippen LogP contribution is 2.29. The lowest BCUT2D eigenvalue weighted by atomic mass is 10.1. The van der Waals surface area contributed by atoms with Crippen LogP contribution in [0, 0.1) is 16.0 Å². The summed E-state index contributed by atoms with van der Waals surface area (Å²) >= 11 is 0. The third kappa shape index (κ3) is 3.00. The average molecular weight is 265 g/mol. The van der Waals surface area contributed by atoms with Gasteiger partial charge in [0.05, 0.1) is 24.0 Å². The quantitative estimate of drug-likeness (QED) is 0.629. The van der Waals surface area contributed by atoms with E-state index in [1.165, 1.54) is 19.2 Å². The summed E-state index contributed by atoms with van der Waals surface area (Å²) in [6, 6.07) is 4.36. The molecule has 0 radical (unpaired) electrons. The number of benzene rings is 1. The van der Waals surface area contributed by atoms with Gasteiger partial charge in [0.2, 0.25) is 5.91 Å². The number of nitrogens with one attached hydrogen (secondary N) is 2. The average Bonchev–Trinajstić information content (AvgIpc) is 2.92. The molecule has 0 saturated carbocycles. The predicted octanol–water partition coefficient (Wildman–Crippen LogP) is 1.15. The van der Waals surface area contributed by atoms with E-state index >= 15 is 0 Å². The molecule has 0 spiro atoms. The fraction of sp³-hybridized carbons (Fsp3) is 0.417. The highest BCUT2D eigenvalue weighted by atomic mass is 16.6. The lowest BCUT2D eigenvalue weighted by molar-refractivity contribution is -0.384. The van der Waals surface area contributed by atoms with Crippen LogP contribution in [-0.2, 0) is 4.79 Å². The Labute approximate surface area is 110 Å². The van der Waals surface area contributed by atoms with Crippen molar-refractivity contribution < 1.29 is 14.5 Å². The third-order valence-corrected chi connectivity index (χ3v) is 3.09. The maximum absolute atomic E-state index is 11.9. The predicted molar refractivity (Wildman–Crippen MR) is 69.3 cm³/mol. The van der Waals surface area contributed by atoms with Gasteiger partial charge in [0, 0.05) is 6.54 Å². The van der Waals surface area contributed by atoms with Gasteiger partial charge >= 0.3 is 0 Å². The van der Waals surface area contributed by atoms with E-state index in [-0.39, 0.29) is 23.2 Å². The number of hydrogen-bond donors (Lipinski definition) is 2. The van der Waals surface area contributed by atoms with Crippen molar-refractivity contribution in [2.24, 2.45) is 5.92 Å². The minimum atomic E-state index is -0.537. The Hall–Kier alpha value is -2.15. The first kappa shape index (κ1) is 13.3. The molecule has 0 bridgehead atoms. The molecule has 1 heterocycles. The minimum Gasteiger partial charge on any atom is -0.496 e. The number of nitrogens with zero attached hydrogens (tertiary/aromatic N) is 1. The number of hydrogen-bond acceptors (Lipinski definition) is 5. The summed E-state index contributed by atoms with van der Waals surface area (Å²) in [5, 5.41) is 16.7. The van der Waals surface area contributed by atoms with Gasteiger partial charge < -0.3 is 15.4 Å². The van der Waals surface area contributed by atoms with Crippen LogP contribution >= 0.6 is 0 Å². The van der Waals surface area contributed by atoms with Crippen molar-refractivity contribution in [3.63, 3.8) is 0 Å². The zero-order valence-electron chi connectivity index (χ0n) is 10.5. The molecule has 1 unspecified atom stereocenters. The van der Waals surface area contributed by atoms with E-state index in [0.29, 0.717) is 12.3 Å². The summed E-state index contributed by atoms with van der Waals surface area (Å²) in [5.41, 5.74) is 0.0290. The third-order valence-electron chi connectivity index (χ3n) is 3.09. The van der Waals surface area contributed by atoms with Gasteiger partial charge in [-0.2, -0.15) is 0 Å². The van der Waals surface area contributed by atoms with Crippen LogP contribution < -0.4 is 15.4 Å². The number of amides is 1.